The summed E-state index contributed by atoms with van der Waals surface area (Å²) < 4.78 is 11.1. The summed E-state index contributed by atoms with van der Waals surface area (Å²) >= 11 is 1.54. The summed E-state index contributed by atoms with van der Waals surface area (Å²) in [6.07, 6.45) is -0.601. The zero-order valence-electron chi connectivity index (χ0n) is 15.0. The van der Waals surface area contributed by atoms with Gasteiger partial charge in [0.05, 0.1) is 4.88 Å². The van der Waals surface area contributed by atoms with Crippen molar-refractivity contribution in [3.05, 3.63) is 53.2 Å². The average Bonchev–Trinajstić information content (AvgIpc) is 3.32. The number of thiophene rings is 1. The van der Waals surface area contributed by atoms with Crippen LogP contribution in [0.15, 0.2) is 46.3 Å². The molecule has 0 bridgehead atoms. The van der Waals surface area contributed by atoms with Gasteiger partial charge in [-0.2, -0.15) is 4.98 Å². The van der Waals surface area contributed by atoms with Crippen LogP contribution >= 0.6 is 11.3 Å². The van der Waals surface area contributed by atoms with Crippen LogP contribution in [-0.2, 0) is 11.3 Å². The van der Waals surface area contributed by atoms with E-state index in [0.717, 1.165) is 10.4 Å². The molecule has 1 amide bonds. The molecule has 0 radical (unpaired) electrons. The third kappa shape index (κ3) is 4.11. The number of amides is 1. The van der Waals surface area contributed by atoms with Gasteiger partial charge >= 0.3 is 0 Å². The van der Waals surface area contributed by atoms with Crippen LogP contribution < -0.4 is 4.74 Å². The maximum Gasteiger partial charge on any atom is 0.263 e. The lowest BCUT2D eigenvalue weighted by Gasteiger charge is -2.24. The Morgan fingerprint density at radius 3 is 2.81 bits per heavy atom. The molecule has 2 aromatic heterocycles. The smallest absolute Gasteiger partial charge is 0.263 e. The number of benzene rings is 1. The largest absolute Gasteiger partial charge is 0.481 e. The van der Waals surface area contributed by atoms with Crippen molar-refractivity contribution >= 4 is 17.2 Å². The van der Waals surface area contributed by atoms with Crippen molar-refractivity contribution in [1.82, 2.24) is 15.0 Å². The molecule has 0 saturated heterocycles. The van der Waals surface area contributed by atoms with Gasteiger partial charge in [-0.1, -0.05) is 29.4 Å². The number of likely N-dealkylation sites (N-methyl/N-ethyl adjacent to an activating group) is 1. The van der Waals surface area contributed by atoms with Gasteiger partial charge in [-0.3, -0.25) is 4.79 Å². The molecule has 0 spiro atoms. The molecule has 6 nitrogen and oxygen atoms in total. The molecule has 3 rings (SSSR count). The van der Waals surface area contributed by atoms with E-state index in [2.05, 4.69) is 10.1 Å². The Hall–Kier alpha value is -2.67. The highest BCUT2D eigenvalue weighted by Gasteiger charge is 2.23. The van der Waals surface area contributed by atoms with Crippen LogP contribution in [-0.4, -0.2) is 33.6 Å². The highest BCUT2D eigenvalue weighted by Crippen LogP contribution is 2.22. The van der Waals surface area contributed by atoms with E-state index in [1.807, 2.05) is 55.6 Å². The second kappa shape index (κ2) is 8.14. The van der Waals surface area contributed by atoms with Crippen LogP contribution in [0, 0.1) is 6.92 Å². The molecule has 1 atom stereocenters. The Labute approximate surface area is 156 Å². The standard InChI is InChI=1S/C19H21N3O3S/c1-4-22(12-17-20-18(21-25-17)16-10-7-11-26-16)19(23)14(3)24-15-9-6-5-8-13(15)2/h5-11,14H,4,12H2,1-3H3. The fourth-order valence-electron chi connectivity index (χ4n) is 2.52. The molecular formula is C19H21N3O3S. The van der Waals surface area contributed by atoms with Crippen molar-refractivity contribution in [3.8, 4) is 16.5 Å². The second-order valence-corrected chi connectivity index (χ2v) is 6.81. The number of carbonyl (C=O) groups is 1. The van der Waals surface area contributed by atoms with Crippen LogP contribution in [0.2, 0.25) is 0 Å². The summed E-state index contributed by atoms with van der Waals surface area (Å²) in [6, 6.07) is 11.5. The van der Waals surface area contributed by atoms with Crippen molar-refractivity contribution in [2.75, 3.05) is 6.54 Å². The van der Waals surface area contributed by atoms with Gasteiger partial charge in [0.2, 0.25) is 11.7 Å². The molecule has 2 heterocycles. The minimum atomic E-state index is -0.601. The highest BCUT2D eigenvalue weighted by molar-refractivity contribution is 7.13. The van der Waals surface area contributed by atoms with Gasteiger partial charge in [0.1, 0.15) is 12.3 Å². The van der Waals surface area contributed by atoms with Gasteiger partial charge in [0.25, 0.3) is 5.91 Å². The van der Waals surface area contributed by atoms with Crippen molar-refractivity contribution in [2.24, 2.45) is 0 Å². The molecule has 0 saturated carbocycles. The first kappa shape index (κ1) is 18.1. The van der Waals surface area contributed by atoms with E-state index >= 15 is 0 Å². The third-order valence-corrected chi connectivity index (χ3v) is 4.84. The molecule has 0 fully saturated rings. The number of ether oxygens (including phenoxy) is 1. The minimum absolute atomic E-state index is 0.119. The molecule has 0 aliphatic carbocycles. The summed E-state index contributed by atoms with van der Waals surface area (Å²) in [5.74, 6) is 1.54. The van der Waals surface area contributed by atoms with Crippen LogP contribution in [0.1, 0.15) is 25.3 Å². The van der Waals surface area contributed by atoms with Crippen molar-refractivity contribution in [1.29, 1.82) is 0 Å². The number of aromatic nitrogens is 2. The third-order valence-electron chi connectivity index (χ3n) is 3.97. The van der Waals surface area contributed by atoms with Crippen LogP contribution in [0.4, 0.5) is 0 Å². The first-order valence-corrected chi connectivity index (χ1v) is 9.34. The van der Waals surface area contributed by atoms with Gasteiger partial charge in [-0.25, -0.2) is 0 Å². The molecule has 0 aliphatic rings. The summed E-state index contributed by atoms with van der Waals surface area (Å²) in [5, 5.41) is 5.94. The summed E-state index contributed by atoms with van der Waals surface area (Å²) in [6.45, 7) is 6.40. The fraction of sp³-hybridized carbons (Fsp3) is 0.316. The maximum absolute atomic E-state index is 12.7. The normalized spacial score (nSPS) is 12.0. The lowest BCUT2D eigenvalue weighted by molar-refractivity contribution is -0.138. The summed E-state index contributed by atoms with van der Waals surface area (Å²) in [5.41, 5.74) is 0.993. The molecule has 0 N–H and O–H groups in total. The number of hydrogen-bond donors (Lipinski definition) is 0. The average molecular weight is 371 g/mol. The van der Waals surface area contributed by atoms with E-state index in [4.69, 9.17) is 9.26 Å². The SMILES string of the molecule is CCN(Cc1nc(-c2cccs2)no1)C(=O)C(C)Oc1ccccc1C. The van der Waals surface area contributed by atoms with E-state index in [1.54, 1.807) is 23.2 Å². The van der Waals surface area contributed by atoms with Gasteiger partial charge < -0.3 is 14.2 Å². The number of nitrogens with zero attached hydrogens (tertiary/aromatic N) is 3. The monoisotopic (exact) mass is 371 g/mol. The van der Waals surface area contributed by atoms with Crippen molar-refractivity contribution in [2.45, 2.75) is 33.4 Å². The second-order valence-electron chi connectivity index (χ2n) is 5.87. The van der Waals surface area contributed by atoms with Gasteiger partial charge in [-0.15, -0.1) is 11.3 Å². The summed E-state index contributed by atoms with van der Waals surface area (Å²) in [7, 11) is 0. The first-order chi connectivity index (χ1) is 12.6. The highest BCUT2D eigenvalue weighted by atomic mass is 32.1. The maximum atomic E-state index is 12.7. The van der Waals surface area contributed by atoms with E-state index in [0.29, 0.717) is 24.0 Å². The first-order valence-electron chi connectivity index (χ1n) is 8.46. The Kier molecular flexibility index (Phi) is 5.68. The van der Waals surface area contributed by atoms with Crippen LogP contribution in [0.5, 0.6) is 5.75 Å². The van der Waals surface area contributed by atoms with Crippen LogP contribution in [0.3, 0.4) is 0 Å². The fourth-order valence-corrected chi connectivity index (χ4v) is 3.17. The zero-order chi connectivity index (χ0) is 18.5. The lowest BCUT2D eigenvalue weighted by atomic mass is 10.2. The number of rotatable bonds is 7. The topological polar surface area (TPSA) is 68.5 Å². The quantitative estimate of drug-likeness (QED) is 0.630. The molecule has 1 aromatic carbocycles. The van der Waals surface area contributed by atoms with E-state index in [1.165, 1.54) is 0 Å². The molecule has 136 valence electrons. The Bertz CT molecular complexity index is 861. The lowest BCUT2D eigenvalue weighted by Crippen LogP contribution is -2.40. The number of para-hydroxylation sites is 1. The molecular weight excluding hydrogens is 350 g/mol. The zero-order valence-corrected chi connectivity index (χ0v) is 15.8. The van der Waals surface area contributed by atoms with E-state index < -0.39 is 6.10 Å². The number of carbonyl (C=O) groups excluding carboxylic acids is 1. The minimum Gasteiger partial charge on any atom is -0.481 e. The molecule has 7 heteroatoms. The molecule has 0 aliphatic heterocycles. The van der Waals surface area contributed by atoms with Gasteiger partial charge in [-0.05, 0) is 43.8 Å². The van der Waals surface area contributed by atoms with Gasteiger partial charge in [0.15, 0.2) is 6.10 Å². The van der Waals surface area contributed by atoms with E-state index in [-0.39, 0.29) is 12.5 Å². The number of hydrogen-bond acceptors (Lipinski definition) is 6. The predicted octanol–water partition coefficient (Wildman–Crippen LogP) is 3.92. The predicted molar refractivity (Wildman–Crippen MR) is 100.0 cm³/mol. The number of aryl methyl sites for hydroxylation is 1. The van der Waals surface area contributed by atoms with Gasteiger partial charge in [0, 0.05) is 6.54 Å². The van der Waals surface area contributed by atoms with Crippen molar-refractivity contribution in [3.63, 3.8) is 0 Å². The molecule has 3 aromatic rings. The Balaban J connectivity index is 1.66. The molecule has 26 heavy (non-hydrogen) atoms. The van der Waals surface area contributed by atoms with Crippen molar-refractivity contribution < 1.29 is 14.1 Å². The Morgan fingerprint density at radius 1 is 1.31 bits per heavy atom. The molecule has 1 unspecified atom stereocenters. The van der Waals surface area contributed by atoms with E-state index in [9.17, 15) is 4.79 Å². The van der Waals surface area contributed by atoms with Crippen LogP contribution in [0.25, 0.3) is 10.7 Å². The Morgan fingerprint density at radius 2 is 2.12 bits per heavy atom. The summed E-state index contributed by atoms with van der Waals surface area (Å²) in [4.78, 5) is 19.7.